The molecule has 0 fully saturated rings. The largest absolute Gasteiger partial charge is 0.310 e. The van der Waals surface area contributed by atoms with E-state index in [-0.39, 0.29) is 10.8 Å². The van der Waals surface area contributed by atoms with Gasteiger partial charge in [-0.2, -0.15) is 0 Å². The lowest BCUT2D eigenvalue weighted by atomic mass is 9.82. The number of hydrogen-bond acceptors (Lipinski definition) is 2. The molecule has 0 spiro atoms. The Morgan fingerprint density at radius 1 is 0.221 bits per heavy atom. The van der Waals surface area contributed by atoms with Gasteiger partial charge in [-0.05, 0) is 169 Å². The molecule has 0 aliphatic heterocycles. The van der Waals surface area contributed by atoms with Gasteiger partial charge in [0.05, 0.1) is 0 Å². The number of rotatable bonds is 9. The first-order valence-electron chi connectivity index (χ1n) is 23.8. The third-order valence-corrected chi connectivity index (χ3v) is 14.6. The summed E-state index contributed by atoms with van der Waals surface area (Å²) in [5, 5.41) is 0. The van der Waals surface area contributed by atoms with Gasteiger partial charge in [-0.25, -0.2) is 0 Å². The van der Waals surface area contributed by atoms with Crippen LogP contribution in [-0.2, 0) is 10.8 Å². The van der Waals surface area contributed by atoms with Crippen LogP contribution in [0.25, 0.3) is 55.6 Å². The molecule has 2 heteroatoms. The molecule has 2 nitrogen and oxygen atoms in total. The van der Waals surface area contributed by atoms with Crippen molar-refractivity contribution in [3.05, 3.63) is 265 Å². The summed E-state index contributed by atoms with van der Waals surface area (Å²) in [7, 11) is 0. The summed E-state index contributed by atoms with van der Waals surface area (Å²) in [6.07, 6.45) is 0. The third kappa shape index (κ3) is 6.95. The normalized spacial score (nSPS) is 13.5. The van der Waals surface area contributed by atoms with Gasteiger partial charge in [0, 0.05) is 45.0 Å². The molecule has 2 aliphatic rings. The summed E-state index contributed by atoms with van der Waals surface area (Å²) in [5.74, 6) is 0. The molecule has 0 N–H and O–H groups in total. The van der Waals surface area contributed by atoms with Crippen molar-refractivity contribution in [3.8, 4) is 55.6 Å². The lowest BCUT2D eigenvalue weighted by molar-refractivity contribution is 0.660. The van der Waals surface area contributed by atoms with Gasteiger partial charge >= 0.3 is 0 Å². The van der Waals surface area contributed by atoms with Gasteiger partial charge < -0.3 is 9.80 Å². The quantitative estimate of drug-likeness (QED) is 0.143. The van der Waals surface area contributed by atoms with E-state index in [9.17, 15) is 0 Å². The first-order valence-corrected chi connectivity index (χ1v) is 23.8. The van der Waals surface area contributed by atoms with Crippen molar-refractivity contribution in [2.45, 2.75) is 38.5 Å². The minimum Gasteiger partial charge on any atom is -0.310 e. The summed E-state index contributed by atoms with van der Waals surface area (Å²) in [4.78, 5) is 4.76. The van der Waals surface area contributed by atoms with Crippen molar-refractivity contribution in [3.63, 3.8) is 0 Å². The molecule has 0 saturated heterocycles. The maximum absolute atomic E-state index is 2.38. The smallest absolute Gasteiger partial charge is 0.0468 e. The van der Waals surface area contributed by atoms with Crippen LogP contribution in [0.4, 0.5) is 34.1 Å². The number of fused-ring (bicyclic) bond motifs is 6. The van der Waals surface area contributed by atoms with E-state index < -0.39 is 0 Å². The highest BCUT2D eigenvalue weighted by Gasteiger charge is 2.37. The standard InChI is InChI=1S/C66H52N2/c1-65(2)61-26-16-14-24-57(61)59-43-55(36-38-63(59)65)67(51-20-10-6-11-21-51)53-32-28-46(29-33-53)49-40-48(45-18-8-5-9-19-45)41-50(42-49)47-30-34-54(35-31-47)68(52-22-12-7-13-23-52)56-37-39-64-60(44-56)58-25-15-17-27-62(58)66(64,3)4/h5-44H,1-4H3. The molecule has 326 valence electrons. The van der Waals surface area contributed by atoms with Crippen LogP contribution < -0.4 is 9.80 Å². The van der Waals surface area contributed by atoms with E-state index in [4.69, 9.17) is 0 Å². The van der Waals surface area contributed by atoms with E-state index in [2.05, 4.69) is 280 Å². The average molecular weight is 873 g/mol. The lowest BCUT2D eigenvalue weighted by Crippen LogP contribution is -2.15. The Hall–Kier alpha value is -8.20. The molecule has 10 aromatic carbocycles. The maximum atomic E-state index is 2.38. The van der Waals surface area contributed by atoms with Crippen LogP contribution in [0.5, 0.6) is 0 Å². The third-order valence-electron chi connectivity index (χ3n) is 14.6. The second-order valence-electron chi connectivity index (χ2n) is 19.4. The van der Waals surface area contributed by atoms with Crippen molar-refractivity contribution in [1.29, 1.82) is 0 Å². The van der Waals surface area contributed by atoms with Crippen LogP contribution in [-0.4, -0.2) is 0 Å². The van der Waals surface area contributed by atoms with E-state index in [1.807, 2.05) is 0 Å². The van der Waals surface area contributed by atoms with Gasteiger partial charge in [-0.1, -0.05) is 179 Å². The highest BCUT2D eigenvalue weighted by Crippen LogP contribution is 2.52. The highest BCUT2D eigenvalue weighted by atomic mass is 15.1. The predicted octanol–water partition coefficient (Wildman–Crippen LogP) is 18.2. The molecule has 0 aromatic heterocycles. The lowest BCUT2D eigenvalue weighted by Gasteiger charge is -2.27. The second kappa shape index (κ2) is 16.3. The molecule has 0 atom stereocenters. The monoisotopic (exact) mass is 872 g/mol. The summed E-state index contributed by atoms with van der Waals surface area (Å²) < 4.78 is 0. The first-order chi connectivity index (χ1) is 33.2. The molecule has 68 heavy (non-hydrogen) atoms. The molecular weight excluding hydrogens is 821 g/mol. The zero-order chi connectivity index (χ0) is 46.0. The summed E-state index contributed by atoms with van der Waals surface area (Å²) in [6.45, 7) is 9.36. The van der Waals surface area contributed by atoms with Gasteiger partial charge in [-0.3, -0.25) is 0 Å². The maximum Gasteiger partial charge on any atom is 0.0468 e. The van der Waals surface area contributed by atoms with E-state index >= 15 is 0 Å². The van der Waals surface area contributed by atoms with Gasteiger partial charge in [0.1, 0.15) is 0 Å². The first kappa shape index (κ1) is 41.2. The number of anilines is 6. The van der Waals surface area contributed by atoms with Crippen LogP contribution in [0.3, 0.4) is 0 Å². The Morgan fingerprint density at radius 2 is 0.515 bits per heavy atom. The van der Waals surface area contributed by atoms with Gasteiger partial charge in [0.15, 0.2) is 0 Å². The molecule has 0 unspecified atom stereocenters. The van der Waals surface area contributed by atoms with Crippen molar-refractivity contribution >= 4 is 34.1 Å². The predicted molar refractivity (Wildman–Crippen MR) is 287 cm³/mol. The molecule has 0 bridgehead atoms. The van der Waals surface area contributed by atoms with Crippen molar-refractivity contribution < 1.29 is 0 Å². The average Bonchev–Trinajstić information content (AvgIpc) is 3.76. The highest BCUT2D eigenvalue weighted by molar-refractivity contribution is 5.90. The van der Waals surface area contributed by atoms with E-state index in [1.165, 1.54) is 77.9 Å². The molecule has 0 amide bonds. The van der Waals surface area contributed by atoms with Crippen molar-refractivity contribution in [2.24, 2.45) is 0 Å². The van der Waals surface area contributed by atoms with Crippen LogP contribution in [0.2, 0.25) is 0 Å². The Kier molecular flexibility index (Phi) is 9.88. The van der Waals surface area contributed by atoms with Gasteiger partial charge in [-0.15, -0.1) is 0 Å². The summed E-state index contributed by atoms with van der Waals surface area (Å²) >= 11 is 0. The second-order valence-corrected chi connectivity index (χ2v) is 19.4. The van der Waals surface area contributed by atoms with E-state index in [0.717, 1.165) is 34.1 Å². The number of benzene rings is 10. The molecule has 0 radical (unpaired) electrons. The number of para-hydroxylation sites is 2. The minimum atomic E-state index is -0.0462. The van der Waals surface area contributed by atoms with E-state index in [0.29, 0.717) is 0 Å². The zero-order valence-electron chi connectivity index (χ0n) is 39.0. The SMILES string of the molecule is CC1(C)c2ccccc2-c2cc(N(c3ccccc3)c3ccc(-c4cc(-c5ccccc5)cc(-c5ccc(N(c6ccccc6)c6ccc7c(c6)-c6ccccc6C7(C)C)cc5)c4)cc3)ccc21. The Morgan fingerprint density at radius 3 is 0.912 bits per heavy atom. The molecule has 10 aromatic rings. The van der Waals surface area contributed by atoms with Gasteiger partial charge in [0.25, 0.3) is 0 Å². The van der Waals surface area contributed by atoms with Crippen LogP contribution in [0, 0.1) is 0 Å². The molecule has 2 aliphatic carbocycles. The van der Waals surface area contributed by atoms with E-state index in [1.54, 1.807) is 0 Å². The topological polar surface area (TPSA) is 6.48 Å². The van der Waals surface area contributed by atoms with Crippen LogP contribution >= 0.6 is 0 Å². The zero-order valence-corrected chi connectivity index (χ0v) is 39.0. The molecular formula is C66H52N2. The van der Waals surface area contributed by atoms with Crippen molar-refractivity contribution in [2.75, 3.05) is 9.80 Å². The van der Waals surface area contributed by atoms with Crippen molar-refractivity contribution in [1.82, 2.24) is 0 Å². The summed E-state index contributed by atoms with van der Waals surface area (Å²) in [5.41, 5.74) is 24.5. The Labute approximate surface area is 401 Å². The fraction of sp³-hybridized carbons (Fsp3) is 0.0909. The number of hydrogen-bond donors (Lipinski definition) is 0. The molecule has 0 heterocycles. The molecule has 12 rings (SSSR count). The van der Waals surface area contributed by atoms with Crippen LogP contribution in [0.1, 0.15) is 49.9 Å². The van der Waals surface area contributed by atoms with Crippen LogP contribution in [0.15, 0.2) is 243 Å². The molecule has 0 saturated carbocycles. The fourth-order valence-electron chi connectivity index (χ4n) is 11.1. The van der Waals surface area contributed by atoms with Gasteiger partial charge in [0.2, 0.25) is 0 Å². The minimum absolute atomic E-state index is 0.0462. The Balaban J connectivity index is 0.914. The number of nitrogens with zero attached hydrogens (tertiary/aromatic N) is 2. The Bertz CT molecular complexity index is 3270. The fourth-order valence-corrected chi connectivity index (χ4v) is 11.1. The summed E-state index contributed by atoms with van der Waals surface area (Å²) in [6, 6.07) is 89.2.